The first kappa shape index (κ1) is 19.9. The van der Waals surface area contributed by atoms with Gasteiger partial charge in [0.05, 0.1) is 29.8 Å². The Morgan fingerprint density at radius 3 is 2.47 bits per heavy atom. The van der Waals surface area contributed by atoms with E-state index in [2.05, 4.69) is 34.3 Å². The maximum absolute atomic E-state index is 13.6. The number of anilines is 2. The van der Waals surface area contributed by atoms with Crippen LogP contribution in [0, 0.1) is 6.92 Å². The molecule has 0 saturated heterocycles. The first-order valence-electron chi connectivity index (χ1n) is 10.5. The Bertz CT molecular complexity index is 1350. The van der Waals surface area contributed by atoms with Gasteiger partial charge in [-0.25, -0.2) is 4.98 Å². The molecule has 6 heteroatoms. The number of rotatable bonds is 4. The summed E-state index contributed by atoms with van der Waals surface area (Å²) in [4.78, 5) is 18.4. The molecule has 0 bridgehead atoms. The summed E-state index contributed by atoms with van der Waals surface area (Å²) in [6, 6.07) is 23.2. The molecular formula is C26H24N4O2. The predicted octanol–water partition coefficient (Wildman–Crippen LogP) is 5.28. The fourth-order valence-corrected chi connectivity index (χ4v) is 4.32. The summed E-state index contributed by atoms with van der Waals surface area (Å²) < 4.78 is 7.34. The number of benzene rings is 3. The lowest BCUT2D eigenvalue weighted by atomic mass is 9.91. The molecule has 32 heavy (non-hydrogen) atoms. The van der Waals surface area contributed by atoms with Crippen LogP contribution in [0.15, 0.2) is 84.1 Å². The Labute approximate surface area is 186 Å². The highest BCUT2D eigenvalue weighted by Crippen LogP contribution is 2.40. The number of methoxy groups -OCH3 is 1. The Morgan fingerprint density at radius 1 is 1.00 bits per heavy atom. The Balaban J connectivity index is 1.64. The third-order valence-corrected chi connectivity index (χ3v) is 5.91. The minimum Gasteiger partial charge on any atom is -0.497 e. The summed E-state index contributed by atoms with van der Waals surface area (Å²) in [7, 11) is 1.62. The Hall–Kier alpha value is -4.06. The highest BCUT2D eigenvalue weighted by molar-refractivity contribution is 6.06. The number of para-hydroxylation sites is 2. The molecule has 3 aromatic carbocycles. The molecule has 0 saturated carbocycles. The van der Waals surface area contributed by atoms with Crippen molar-refractivity contribution >= 4 is 28.6 Å². The van der Waals surface area contributed by atoms with Gasteiger partial charge in [0.2, 0.25) is 5.95 Å². The van der Waals surface area contributed by atoms with Gasteiger partial charge in [0, 0.05) is 11.4 Å². The number of carbonyl (C=O) groups is 1. The molecule has 0 fully saturated rings. The Kier molecular flexibility index (Phi) is 4.90. The van der Waals surface area contributed by atoms with Gasteiger partial charge in [-0.2, -0.15) is 0 Å². The molecule has 5 rings (SSSR count). The molecule has 1 amide bonds. The Morgan fingerprint density at radius 2 is 1.72 bits per heavy atom. The van der Waals surface area contributed by atoms with E-state index in [9.17, 15) is 4.79 Å². The molecule has 160 valence electrons. The standard InChI is InChI=1S/C26H24N4O2/c1-16-8-4-5-9-20(16)24-23(25(31)28-18-12-14-19(32-3)15-13-18)17(2)27-26-29-21-10-6-7-11-22(21)30(24)26/h4-15,24H,1-3H3,(H,27,29)(H,28,31)/t24-/m1/s1. The van der Waals surface area contributed by atoms with E-state index in [4.69, 9.17) is 9.72 Å². The van der Waals surface area contributed by atoms with Crippen LogP contribution in [0.4, 0.5) is 11.6 Å². The monoisotopic (exact) mass is 424 g/mol. The van der Waals surface area contributed by atoms with Crippen LogP contribution in [-0.2, 0) is 4.79 Å². The van der Waals surface area contributed by atoms with Crippen molar-refractivity contribution < 1.29 is 9.53 Å². The van der Waals surface area contributed by atoms with Gasteiger partial charge in [-0.3, -0.25) is 9.36 Å². The highest BCUT2D eigenvalue weighted by atomic mass is 16.5. The third kappa shape index (κ3) is 3.30. The number of carbonyl (C=O) groups excluding carboxylic acids is 1. The number of amides is 1. The summed E-state index contributed by atoms with van der Waals surface area (Å²) in [5, 5.41) is 6.41. The van der Waals surface area contributed by atoms with E-state index in [0.29, 0.717) is 11.3 Å². The zero-order valence-corrected chi connectivity index (χ0v) is 18.2. The molecule has 0 radical (unpaired) electrons. The SMILES string of the molecule is COc1ccc(NC(=O)C2=C(C)Nc3nc4ccccc4n3[C@@H]2c2ccccc2C)cc1. The van der Waals surface area contributed by atoms with E-state index in [1.807, 2.05) is 67.6 Å². The van der Waals surface area contributed by atoms with Crippen LogP contribution in [0.5, 0.6) is 5.75 Å². The summed E-state index contributed by atoms with van der Waals surface area (Å²) >= 11 is 0. The van der Waals surface area contributed by atoms with Crippen LogP contribution in [-0.4, -0.2) is 22.6 Å². The molecule has 1 atom stereocenters. The summed E-state index contributed by atoms with van der Waals surface area (Å²) in [6.07, 6.45) is 0. The minimum atomic E-state index is -0.307. The fourth-order valence-electron chi connectivity index (χ4n) is 4.32. The van der Waals surface area contributed by atoms with E-state index in [-0.39, 0.29) is 11.9 Å². The zero-order chi connectivity index (χ0) is 22.2. The van der Waals surface area contributed by atoms with Crippen molar-refractivity contribution in [2.45, 2.75) is 19.9 Å². The first-order chi connectivity index (χ1) is 15.6. The molecule has 1 aromatic heterocycles. The number of imidazole rings is 1. The maximum atomic E-state index is 13.6. The highest BCUT2D eigenvalue weighted by Gasteiger charge is 2.34. The van der Waals surface area contributed by atoms with Gasteiger partial charge in [0.25, 0.3) is 5.91 Å². The van der Waals surface area contributed by atoms with Crippen molar-refractivity contribution in [3.05, 3.63) is 95.2 Å². The van der Waals surface area contributed by atoms with E-state index in [1.165, 1.54) is 0 Å². The number of nitrogens with one attached hydrogen (secondary N) is 2. The average molecular weight is 425 g/mol. The van der Waals surface area contributed by atoms with Crippen molar-refractivity contribution in [2.75, 3.05) is 17.7 Å². The van der Waals surface area contributed by atoms with E-state index >= 15 is 0 Å². The van der Waals surface area contributed by atoms with Crippen LogP contribution in [0.3, 0.4) is 0 Å². The quantitative estimate of drug-likeness (QED) is 0.468. The van der Waals surface area contributed by atoms with E-state index < -0.39 is 0 Å². The van der Waals surface area contributed by atoms with Crippen LogP contribution < -0.4 is 15.4 Å². The van der Waals surface area contributed by atoms with Crippen LogP contribution >= 0.6 is 0 Å². The number of hydrogen-bond acceptors (Lipinski definition) is 4. The van der Waals surface area contributed by atoms with Crippen molar-refractivity contribution in [2.24, 2.45) is 0 Å². The van der Waals surface area contributed by atoms with Crippen molar-refractivity contribution in [1.82, 2.24) is 9.55 Å². The molecule has 0 spiro atoms. The maximum Gasteiger partial charge on any atom is 0.255 e. The second-order valence-corrected chi connectivity index (χ2v) is 7.90. The number of aromatic nitrogens is 2. The normalized spacial score (nSPS) is 15.3. The van der Waals surface area contributed by atoms with Crippen LogP contribution in [0.1, 0.15) is 24.1 Å². The second-order valence-electron chi connectivity index (χ2n) is 7.90. The average Bonchev–Trinajstić information content (AvgIpc) is 3.17. The smallest absolute Gasteiger partial charge is 0.255 e. The van der Waals surface area contributed by atoms with E-state index in [1.54, 1.807) is 7.11 Å². The molecule has 1 aliphatic rings. The fraction of sp³-hybridized carbons (Fsp3) is 0.154. The summed E-state index contributed by atoms with van der Waals surface area (Å²) in [6.45, 7) is 4.00. The minimum absolute atomic E-state index is 0.156. The number of aryl methyl sites for hydroxylation is 1. The zero-order valence-electron chi connectivity index (χ0n) is 18.2. The van der Waals surface area contributed by atoms with Gasteiger partial charge >= 0.3 is 0 Å². The molecule has 6 nitrogen and oxygen atoms in total. The number of allylic oxidation sites excluding steroid dienone is 1. The van der Waals surface area contributed by atoms with Crippen LogP contribution in [0.2, 0.25) is 0 Å². The van der Waals surface area contributed by atoms with Crippen molar-refractivity contribution in [3.8, 4) is 5.75 Å². The number of ether oxygens (including phenoxy) is 1. The lowest BCUT2D eigenvalue weighted by molar-refractivity contribution is -0.113. The van der Waals surface area contributed by atoms with Gasteiger partial charge < -0.3 is 15.4 Å². The molecule has 4 aromatic rings. The van der Waals surface area contributed by atoms with Gasteiger partial charge in [-0.15, -0.1) is 0 Å². The number of fused-ring (bicyclic) bond motifs is 3. The van der Waals surface area contributed by atoms with Crippen molar-refractivity contribution in [3.63, 3.8) is 0 Å². The largest absolute Gasteiger partial charge is 0.497 e. The van der Waals surface area contributed by atoms with Crippen molar-refractivity contribution in [1.29, 1.82) is 0 Å². The summed E-state index contributed by atoms with van der Waals surface area (Å²) in [5.74, 6) is 1.32. The third-order valence-electron chi connectivity index (χ3n) is 5.91. The first-order valence-corrected chi connectivity index (χ1v) is 10.5. The molecular weight excluding hydrogens is 400 g/mol. The predicted molar refractivity (Wildman–Crippen MR) is 127 cm³/mol. The van der Waals surface area contributed by atoms with Crippen LogP contribution in [0.25, 0.3) is 11.0 Å². The molecule has 0 aliphatic carbocycles. The lowest BCUT2D eigenvalue weighted by Gasteiger charge is -2.31. The molecule has 2 N–H and O–H groups in total. The molecule has 1 aliphatic heterocycles. The van der Waals surface area contributed by atoms with Gasteiger partial charge in [0.1, 0.15) is 5.75 Å². The number of hydrogen-bond donors (Lipinski definition) is 2. The summed E-state index contributed by atoms with van der Waals surface area (Å²) in [5.41, 5.74) is 6.20. The van der Waals surface area contributed by atoms with E-state index in [0.717, 1.165) is 39.6 Å². The van der Waals surface area contributed by atoms with Gasteiger partial charge in [0.15, 0.2) is 0 Å². The van der Waals surface area contributed by atoms with Gasteiger partial charge in [-0.05, 0) is 61.4 Å². The van der Waals surface area contributed by atoms with Gasteiger partial charge in [-0.1, -0.05) is 36.4 Å². The number of nitrogens with zero attached hydrogens (tertiary/aromatic N) is 2. The topological polar surface area (TPSA) is 68.2 Å². The molecule has 0 unspecified atom stereocenters. The molecule has 2 heterocycles. The second kappa shape index (κ2) is 7.89. The lowest BCUT2D eigenvalue weighted by Crippen LogP contribution is -2.31.